The molecular formula is C15H29N3O2S. The van der Waals surface area contributed by atoms with E-state index < -0.39 is 0 Å². The van der Waals surface area contributed by atoms with Crippen LogP contribution in [-0.4, -0.2) is 50.5 Å². The van der Waals surface area contributed by atoms with E-state index in [1.807, 2.05) is 20.0 Å². The van der Waals surface area contributed by atoms with Gasteiger partial charge in [-0.1, -0.05) is 13.8 Å². The molecule has 0 unspecified atom stereocenters. The van der Waals surface area contributed by atoms with Gasteiger partial charge in [0.2, 0.25) is 0 Å². The lowest BCUT2D eigenvalue weighted by atomic mass is 10.4. The Hall–Kier alpha value is -0.690. The van der Waals surface area contributed by atoms with Gasteiger partial charge in [-0.3, -0.25) is 0 Å². The normalized spacial score (nSPS) is 11.3. The second kappa shape index (κ2) is 11.0. The molecule has 0 aliphatic rings. The minimum atomic E-state index is 0.488. The van der Waals surface area contributed by atoms with E-state index >= 15 is 0 Å². The summed E-state index contributed by atoms with van der Waals surface area (Å²) in [5, 5.41) is 4.47. The Kier molecular flexibility index (Phi) is 9.58. The Bertz CT molecular complexity index is 362. The average Bonchev–Trinajstić information content (AvgIpc) is 2.92. The van der Waals surface area contributed by atoms with Gasteiger partial charge in [0, 0.05) is 50.0 Å². The van der Waals surface area contributed by atoms with Crippen LogP contribution >= 0.6 is 11.3 Å². The standard InChI is InChI=1S/C15H29N3O2S/c1-5-19-9-7-18(8-10-20-6-2)15-17-12-14(21-15)11-16-13(3)4/h12-13,16H,5-11H2,1-4H3. The highest BCUT2D eigenvalue weighted by molar-refractivity contribution is 7.15. The van der Waals surface area contributed by atoms with Crippen molar-refractivity contribution in [2.75, 3.05) is 44.4 Å². The lowest BCUT2D eigenvalue weighted by Crippen LogP contribution is -2.31. The third-order valence-corrected chi connectivity index (χ3v) is 3.97. The van der Waals surface area contributed by atoms with E-state index in [1.165, 1.54) is 4.88 Å². The summed E-state index contributed by atoms with van der Waals surface area (Å²) in [5.41, 5.74) is 0. The van der Waals surface area contributed by atoms with Crippen molar-refractivity contribution in [2.45, 2.75) is 40.3 Å². The molecule has 6 heteroatoms. The first-order valence-corrected chi connectivity index (χ1v) is 8.57. The van der Waals surface area contributed by atoms with Crippen LogP contribution in [0.3, 0.4) is 0 Å². The predicted molar refractivity (Wildman–Crippen MR) is 89.3 cm³/mol. The molecule has 1 aromatic heterocycles. The summed E-state index contributed by atoms with van der Waals surface area (Å²) < 4.78 is 10.9. The van der Waals surface area contributed by atoms with Crippen LogP contribution in [0.1, 0.15) is 32.6 Å². The predicted octanol–water partition coefficient (Wildman–Crippen LogP) is 2.52. The molecule has 0 bridgehead atoms. The average molecular weight is 315 g/mol. The van der Waals surface area contributed by atoms with Crippen LogP contribution in [0.15, 0.2) is 6.20 Å². The van der Waals surface area contributed by atoms with Crippen LogP contribution in [0.2, 0.25) is 0 Å². The molecular weight excluding hydrogens is 286 g/mol. The number of thiazole rings is 1. The van der Waals surface area contributed by atoms with Gasteiger partial charge in [0.15, 0.2) is 5.13 Å². The molecule has 1 aromatic rings. The number of hydrogen-bond donors (Lipinski definition) is 1. The fourth-order valence-corrected chi connectivity index (χ4v) is 2.68. The monoisotopic (exact) mass is 315 g/mol. The zero-order chi connectivity index (χ0) is 15.5. The van der Waals surface area contributed by atoms with Crippen LogP contribution in [0.4, 0.5) is 5.13 Å². The van der Waals surface area contributed by atoms with Crippen molar-refractivity contribution < 1.29 is 9.47 Å². The van der Waals surface area contributed by atoms with E-state index in [0.717, 1.165) is 51.2 Å². The van der Waals surface area contributed by atoms with Crippen LogP contribution in [0.25, 0.3) is 0 Å². The Labute approximate surface area is 132 Å². The van der Waals surface area contributed by atoms with Gasteiger partial charge in [0.25, 0.3) is 0 Å². The molecule has 0 spiro atoms. The van der Waals surface area contributed by atoms with Crippen molar-refractivity contribution in [2.24, 2.45) is 0 Å². The molecule has 21 heavy (non-hydrogen) atoms. The number of nitrogens with one attached hydrogen (secondary N) is 1. The van der Waals surface area contributed by atoms with Gasteiger partial charge in [-0.05, 0) is 13.8 Å². The molecule has 0 aliphatic carbocycles. The minimum Gasteiger partial charge on any atom is -0.380 e. The Morgan fingerprint density at radius 1 is 1.19 bits per heavy atom. The number of anilines is 1. The van der Waals surface area contributed by atoms with Crippen LogP contribution in [0.5, 0.6) is 0 Å². The third kappa shape index (κ3) is 7.76. The van der Waals surface area contributed by atoms with Crippen molar-refractivity contribution in [3.05, 3.63) is 11.1 Å². The zero-order valence-electron chi connectivity index (χ0n) is 13.7. The van der Waals surface area contributed by atoms with Gasteiger partial charge in [-0.15, -0.1) is 11.3 Å². The topological polar surface area (TPSA) is 46.6 Å². The summed E-state index contributed by atoms with van der Waals surface area (Å²) in [6, 6.07) is 0.488. The second-order valence-corrected chi connectivity index (χ2v) is 6.12. The number of nitrogens with zero attached hydrogens (tertiary/aromatic N) is 2. The van der Waals surface area contributed by atoms with Gasteiger partial charge in [0.05, 0.1) is 13.2 Å². The fraction of sp³-hybridized carbons (Fsp3) is 0.800. The van der Waals surface area contributed by atoms with Gasteiger partial charge >= 0.3 is 0 Å². The molecule has 0 aromatic carbocycles. The van der Waals surface area contributed by atoms with E-state index in [-0.39, 0.29) is 0 Å². The summed E-state index contributed by atoms with van der Waals surface area (Å²) in [6.07, 6.45) is 1.96. The largest absolute Gasteiger partial charge is 0.380 e. The molecule has 1 N–H and O–H groups in total. The maximum atomic E-state index is 5.46. The minimum absolute atomic E-state index is 0.488. The van der Waals surface area contributed by atoms with Crippen molar-refractivity contribution in [1.82, 2.24) is 10.3 Å². The Balaban J connectivity index is 2.54. The van der Waals surface area contributed by atoms with E-state index in [9.17, 15) is 0 Å². The molecule has 0 saturated heterocycles. The summed E-state index contributed by atoms with van der Waals surface area (Å²) in [5.74, 6) is 0. The van der Waals surface area contributed by atoms with Gasteiger partial charge in [-0.2, -0.15) is 0 Å². The highest BCUT2D eigenvalue weighted by Gasteiger charge is 2.11. The van der Waals surface area contributed by atoms with Gasteiger partial charge < -0.3 is 19.7 Å². The second-order valence-electron chi connectivity index (χ2n) is 5.03. The highest BCUT2D eigenvalue weighted by Crippen LogP contribution is 2.22. The van der Waals surface area contributed by atoms with Crippen molar-refractivity contribution >= 4 is 16.5 Å². The summed E-state index contributed by atoms with van der Waals surface area (Å²) in [6.45, 7) is 13.9. The molecule has 0 fully saturated rings. The fourth-order valence-electron chi connectivity index (χ4n) is 1.77. The molecule has 0 saturated carbocycles. The van der Waals surface area contributed by atoms with E-state index in [1.54, 1.807) is 11.3 Å². The maximum absolute atomic E-state index is 5.46. The van der Waals surface area contributed by atoms with E-state index in [0.29, 0.717) is 6.04 Å². The molecule has 5 nitrogen and oxygen atoms in total. The maximum Gasteiger partial charge on any atom is 0.185 e. The van der Waals surface area contributed by atoms with Crippen molar-refractivity contribution in [1.29, 1.82) is 0 Å². The van der Waals surface area contributed by atoms with Crippen LogP contribution in [-0.2, 0) is 16.0 Å². The molecule has 0 atom stereocenters. The van der Waals surface area contributed by atoms with Crippen LogP contribution < -0.4 is 10.2 Å². The number of rotatable bonds is 12. The van der Waals surface area contributed by atoms with Gasteiger partial charge in [0.1, 0.15) is 0 Å². The highest BCUT2D eigenvalue weighted by atomic mass is 32.1. The van der Waals surface area contributed by atoms with E-state index in [4.69, 9.17) is 9.47 Å². The van der Waals surface area contributed by atoms with Crippen molar-refractivity contribution in [3.63, 3.8) is 0 Å². The van der Waals surface area contributed by atoms with Crippen LogP contribution in [0, 0.1) is 0 Å². The summed E-state index contributed by atoms with van der Waals surface area (Å²) >= 11 is 1.74. The SMILES string of the molecule is CCOCCN(CCOCC)c1ncc(CNC(C)C)s1. The van der Waals surface area contributed by atoms with Crippen molar-refractivity contribution in [3.8, 4) is 0 Å². The first-order valence-electron chi connectivity index (χ1n) is 7.75. The molecule has 0 radical (unpaired) electrons. The molecule has 122 valence electrons. The number of hydrogen-bond acceptors (Lipinski definition) is 6. The molecule has 0 aliphatic heterocycles. The zero-order valence-corrected chi connectivity index (χ0v) is 14.5. The quantitative estimate of drug-likeness (QED) is 0.601. The third-order valence-electron chi connectivity index (χ3n) is 2.92. The smallest absolute Gasteiger partial charge is 0.185 e. The number of ether oxygens (including phenoxy) is 2. The van der Waals surface area contributed by atoms with E-state index in [2.05, 4.69) is 29.0 Å². The molecule has 1 heterocycles. The first-order chi connectivity index (χ1) is 10.2. The Morgan fingerprint density at radius 3 is 2.33 bits per heavy atom. The molecule has 0 amide bonds. The lowest BCUT2D eigenvalue weighted by molar-refractivity contribution is 0.141. The lowest BCUT2D eigenvalue weighted by Gasteiger charge is -2.21. The number of aromatic nitrogens is 1. The molecule has 1 rings (SSSR count). The Morgan fingerprint density at radius 2 is 1.81 bits per heavy atom. The summed E-state index contributed by atoms with van der Waals surface area (Å²) in [4.78, 5) is 8.05. The summed E-state index contributed by atoms with van der Waals surface area (Å²) in [7, 11) is 0. The van der Waals surface area contributed by atoms with Gasteiger partial charge in [-0.25, -0.2) is 4.98 Å². The first kappa shape index (κ1) is 18.4.